The molecule has 1 fully saturated rings. The number of ether oxygens (including phenoxy) is 1. The highest BCUT2D eigenvalue weighted by Gasteiger charge is 2.19. The van der Waals surface area contributed by atoms with Gasteiger partial charge in [-0.3, -0.25) is 4.79 Å². The second-order valence-electron chi connectivity index (χ2n) is 5.40. The number of nitrogens with one attached hydrogen (secondary N) is 1. The highest BCUT2D eigenvalue weighted by atomic mass is 16.5. The van der Waals surface area contributed by atoms with Gasteiger partial charge in [-0.2, -0.15) is 0 Å². The van der Waals surface area contributed by atoms with Crippen molar-refractivity contribution in [1.82, 2.24) is 5.32 Å². The van der Waals surface area contributed by atoms with Crippen LogP contribution in [-0.4, -0.2) is 31.2 Å². The largest absolute Gasteiger partial charge is 0.377 e. The van der Waals surface area contributed by atoms with Crippen LogP contribution < -0.4 is 11.1 Å². The van der Waals surface area contributed by atoms with Crippen LogP contribution in [0.15, 0.2) is 0 Å². The lowest BCUT2D eigenvalue weighted by atomic mass is 9.83. The van der Waals surface area contributed by atoms with Crippen LogP contribution in [0.2, 0.25) is 0 Å². The Balaban J connectivity index is 2.09. The van der Waals surface area contributed by atoms with E-state index in [9.17, 15) is 4.79 Å². The number of hydrogen-bond donors (Lipinski definition) is 2. The van der Waals surface area contributed by atoms with E-state index < -0.39 is 0 Å². The van der Waals surface area contributed by atoms with Crippen LogP contribution in [-0.2, 0) is 9.53 Å². The van der Waals surface area contributed by atoms with Crippen LogP contribution in [0.3, 0.4) is 0 Å². The zero-order valence-corrected chi connectivity index (χ0v) is 11.8. The van der Waals surface area contributed by atoms with Crippen molar-refractivity contribution in [2.75, 3.05) is 13.2 Å². The van der Waals surface area contributed by atoms with Crippen LogP contribution in [0.5, 0.6) is 0 Å². The van der Waals surface area contributed by atoms with Crippen molar-refractivity contribution >= 4 is 5.91 Å². The molecule has 0 heterocycles. The van der Waals surface area contributed by atoms with E-state index in [4.69, 9.17) is 10.5 Å². The van der Waals surface area contributed by atoms with Gasteiger partial charge in [-0.25, -0.2) is 0 Å². The highest BCUT2D eigenvalue weighted by Crippen LogP contribution is 2.26. The van der Waals surface area contributed by atoms with Crippen molar-refractivity contribution in [1.29, 1.82) is 0 Å². The molecule has 0 aromatic carbocycles. The van der Waals surface area contributed by atoms with Gasteiger partial charge in [-0.1, -0.05) is 12.8 Å². The minimum absolute atomic E-state index is 0.0991. The SMILES string of the molecule is CCOC(C)CNC(=O)CCC1CCCC(N)C1. The fourth-order valence-electron chi connectivity index (χ4n) is 2.62. The summed E-state index contributed by atoms with van der Waals surface area (Å²) in [5.74, 6) is 0.782. The van der Waals surface area contributed by atoms with Gasteiger partial charge in [-0.05, 0) is 39.0 Å². The third-order valence-corrected chi connectivity index (χ3v) is 3.64. The van der Waals surface area contributed by atoms with Crippen molar-refractivity contribution in [2.45, 2.75) is 64.5 Å². The first-order chi connectivity index (χ1) is 8.61. The van der Waals surface area contributed by atoms with Gasteiger partial charge in [0.2, 0.25) is 5.91 Å². The predicted octanol–water partition coefficient (Wildman–Crippen LogP) is 1.83. The third-order valence-electron chi connectivity index (χ3n) is 3.64. The number of carbonyl (C=O) groups excluding carboxylic acids is 1. The molecule has 18 heavy (non-hydrogen) atoms. The first-order valence-corrected chi connectivity index (χ1v) is 7.25. The molecule has 4 nitrogen and oxygen atoms in total. The molecule has 4 heteroatoms. The van der Waals surface area contributed by atoms with Crippen molar-refractivity contribution < 1.29 is 9.53 Å². The van der Waals surface area contributed by atoms with Crippen molar-refractivity contribution in [3.8, 4) is 0 Å². The summed E-state index contributed by atoms with van der Waals surface area (Å²) >= 11 is 0. The minimum Gasteiger partial charge on any atom is -0.377 e. The van der Waals surface area contributed by atoms with Gasteiger partial charge in [0.05, 0.1) is 6.10 Å². The van der Waals surface area contributed by atoms with Crippen LogP contribution >= 0.6 is 0 Å². The Kier molecular flexibility index (Phi) is 7.28. The summed E-state index contributed by atoms with van der Waals surface area (Å²) in [5, 5.41) is 2.92. The monoisotopic (exact) mass is 256 g/mol. The molecule has 0 aromatic heterocycles. The summed E-state index contributed by atoms with van der Waals surface area (Å²) in [5.41, 5.74) is 5.95. The summed E-state index contributed by atoms with van der Waals surface area (Å²) in [6.45, 7) is 5.24. The lowest BCUT2D eigenvalue weighted by molar-refractivity contribution is -0.122. The molecule has 0 saturated heterocycles. The summed E-state index contributed by atoms with van der Waals surface area (Å²) < 4.78 is 5.37. The van der Waals surface area contributed by atoms with Crippen molar-refractivity contribution in [2.24, 2.45) is 11.7 Å². The van der Waals surface area contributed by atoms with Gasteiger partial charge in [0.25, 0.3) is 0 Å². The summed E-state index contributed by atoms with van der Waals surface area (Å²) in [6, 6.07) is 0.352. The summed E-state index contributed by atoms with van der Waals surface area (Å²) in [4.78, 5) is 11.7. The minimum atomic E-state index is 0.0991. The number of nitrogens with two attached hydrogens (primary N) is 1. The van der Waals surface area contributed by atoms with Gasteiger partial charge in [0.1, 0.15) is 0 Å². The molecule has 1 aliphatic rings. The maximum absolute atomic E-state index is 11.7. The molecule has 3 unspecified atom stereocenters. The molecule has 1 aliphatic carbocycles. The molecule has 0 radical (unpaired) electrons. The number of amides is 1. The Labute approximate surface area is 111 Å². The van der Waals surface area contributed by atoms with Gasteiger partial charge in [0.15, 0.2) is 0 Å². The van der Waals surface area contributed by atoms with Crippen LogP contribution in [0.1, 0.15) is 52.4 Å². The Bertz CT molecular complexity index is 246. The fourth-order valence-corrected chi connectivity index (χ4v) is 2.62. The second-order valence-corrected chi connectivity index (χ2v) is 5.40. The van der Waals surface area contributed by atoms with Gasteiger partial charge < -0.3 is 15.8 Å². The molecule has 1 amide bonds. The lowest BCUT2D eigenvalue weighted by Crippen LogP contribution is -2.33. The molecule has 0 aliphatic heterocycles. The quantitative estimate of drug-likeness (QED) is 0.730. The standard InChI is InChI=1S/C14H28N2O2/c1-3-18-11(2)10-16-14(17)8-7-12-5-4-6-13(15)9-12/h11-13H,3-10,15H2,1-2H3,(H,16,17). The second kappa shape index (κ2) is 8.48. The van der Waals surface area contributed by atoms with E-state index >= 15 is 0 Å². The number of rotatable bonds is 7. The lowest BCUT2D eigenvalue weighted by Gasteiger charge is -2.26. The molecule has 0 bridgehead atoms. The maximum atomic E-state index is 11.7. The molecule has 0 aromatic rings. The normalized spacial score (nSPS) is 25.7. The van der Waals surface area contributed by atoms with E-state index in [0.29, 0.717) is 31.5 Å². The average Bonchev–Trinajstić information content (AvgIpc) is 2.34. The molecule has 3 atom stereocenters. The van der Waals surface area contributed by atoms with E-state index in [1.165, 1.54) is 12.8 Å². The Hall–Kier alpha value is -0.610. The first kappa shape index (κ1) is 15.4. The molecular weight excluding hydrogens is 228 g/mol. The van der Waals surface area contributed by atoms with Crippen LogP contribution in [0, 0.1) is 5.92 Å². The van der Waals surface area contributed by atoms with Crippen LogP contribution in [0.4, 0.5) is 0 Å². The number of carbonyl (C=O) groups is 1. The summed E-state index contributed by atoms with van der Waals surface area (Å²) in [6.07, 6.45) is 6.38. The molecule has 0 spiro atoms. The summed E-state index contributed by atoms with van der Waals surface area (Å²) in [7, 11) is 0. The number of hydrogen-bond acceptors (Lipinski definition) is 3. The smallest absolute Gasteiger partial charge is 0.220 e. The molecule has 1 saturated carbocycles. The van der Waals surface area contributed by atoms with Gasteiger partial charge in [-0.15, -0.1) is 0 Å². The topological polar surface area (TPSA) is 64.3 Å². The molecular formula is C14H28N2O2. The average molecular weight is 256 g/mol. The van der Waals surface area contributed by atoms with E-state index in [2.05, 4.69) is 5.32 Å². The predicted molar refractivity (Wildman–Crippen MR) is 73.3 cm³/mol. The molecule has 1 rings (SSSR count). The van der Waals surface area contributed by atoms with E-state index in [-0.39, 0.29) is 12.0 Å². The van der Waals surface area contributed by atoms with E-state index in [1.54, 1.807) is 0 Å². The van der Waals surface area contributed by atoms with Crippen LogP contribution in [0.25, 0.3) is 0 Å². The fraction of sp³-hybridized carbons (Fsp3) is 0.929. The Morgan fingerprint density at radius 1 is 1.50 bits per heavy atom. The van der Waals surface area contributed by atoms with Crippen molar-refractivity contribution in [3.63, 3.8) is 0 Å². The van der Waals surface area contributed by atoms with Crippen molar-refractivity contribution in [3.05, 3.63) is 0 Å². The molecule has 106 valence electrons. The Morgan fingerprint density at radius 2 is 2.28 bits per heavy atom. The molecule has 3 N–H and O–H groups in total. The maximum Gasteiger partial charge on any atom is 0.220 e. The zero-order valence-electron chi connectivity index (χ0n) is 11.8. The highest BCUT2D eigenvalue weighted by molar-refractivity contribution is 5.75. The van der Waals surface area contributed by atoms with E-state index in [1.807, 2.05) is 13.8 Å². The van der Waals surface area contributed by atoms with Gasteiger partial charge >= 0.3 is 0 Å². The zero-order chi connectivity index (χ0) is 13.4. The Morgan fingerprint density at radius 3 is 2.94 bits per heavy atom. The third kappa shape index (κ3) is 6.36. The first-order valence-electron chi connectivity index (χ1n) is 7.25. The van der Waals surface area contributed by atoms with Gasteiger partial charge in [0, 0.05) is 25.6 Å². The van der Waals surface area contributed by atoms with E-state index in [0.717, 1.165) is 19.3 Å².